The van der Waals surface area contributed by atoms with E-state index in [1.54, 1.807) is 30.1 Å². The van der Waals surface area contributed by atoms with Crippen LogP contribution in [0.25, 0.3) is 0 Å². The van der Waals surface area contributed by atoms with Crippen LogP contribution >= 0.6 is 0 Å². The second-order valence-corrected chi connectivity index (χ2v) is 7.48. The number of sulfonamides is 1. The number of hydrogen-bond acceptors (Lipinski definition) is 4. The number of fused-ring (bicyclic) bond motifs is 1. The number of carbonyl (C=O) groups excluding carboxylic acids is 1. The Morgan fingerprint density at radius 2 is 2.10 bits per heavy atom. The molecule has 1 amide bonds. The number of amides is 1. The summed E-state index contributed by atoms with van der Waals surface area (Å²) in [4.78, 5) is 13.5. The van der Waals surface area contributed by atoms with Gasteiger partial charge in [-0.25, -0.2) is 8.42 Å². The molecule has 0 spiro atoms. The summed E-state index contributed by atoms with van der Waals surface area (Å²) in [5.74, 6) is -0.00455. The molecule has 3 rings (SSSR count). The zero-order valence-corrected chi connectivity index (χ0v) is 13.0. The summed E-state index contributed by atoms with van der Waals surface area (Å²) >= 11 is 0. The number of carbonyl (C=O) groups is 1. The highest BCUT2D eigenvalue weighted by molar-refractivity contribution is 7.89. The van der Waals surface area contributed by atoms with Gasteiger partial charge >= 0.3 is 0 Å². The topological polar surface area (TPSA) is 69.7 Å². The van der Waals surface area contributed by atoms with E-state index in [1.165, 1.54) is 4.31 Å². The lowest BCUT2D eigenvalue weighted by Gasteiger charge is -2.32. The summed E-state index contributed by atoms with van der Waals surface area (Å²) in [6.07, 6.45) is 0.270. The van der Waals surface area contributed by atoms with Gasteiger partial charge in [-0.3, -0.25) is 4.79 Å². The van der Waals surface area contributed by atoms with E-state index in [9.17, 15) is 13.2 Å². The Kier molecular flexibility index (Phi) is 3.51. The molecule has 0 radical (unpaired) electrons. The molecular formula is C14H19N3O3S. The number of nitrogens with zero attached hydrogens (tertiary/aromatic N) is 2. The molecule has 1 atom stereocenters. The third-order valence-corrected chi connectivity index (χ3v) is 6.18. The highest BCUT2D eigenvalue weighted by Crippen LogP contribution is 2.31. The maximum Gasteiger partial charge on any atom is 0.243 e. The Labute approximate surface area is 124 Å². The Hall–Kier alpha value is -1.44. The highest BCUT2D eigenvalue weighted by Gasteiger charge is 2.32. The van der Waals surface area contributed by atoms with Crippen LogP contribution in [0, 0.1) is 0 Å². The zero-order valence-electron chi connectivity index (χ0n) is 12.2. The fourth-order valence-corrected chi connectivity index (χ4v) is 4.60. The van der Waals surface area contributed by atoms with Crippen LogP contribution in [0.3, 0.4) is 0 Å². The Morgan fingerprint density at radius 3 is 2.81 bits per heavy atom. The van der Waals surface area contributed by atoms with Crippen molar-refractivity contribution < 1.29 is 13.2 Å². The third kappa shape index (κ3) is 2.35. The smallest absolute Gasteiger partial charge is 0.243 e. The molecule has 0 unspecified atom stereocenters. The molecule has 2 heterocycles. The van der Waals surface area contributed by atoms with Crippen LogP contribution in [0.2, 0.25) is 0 Å². The molecule has 0 saturated carbocycles. The molecule has 0 aliphatic carbocycles. The van der Waals surface area contributed by atoms with Gasteiger partial charge in [-0.2, -0.15) is 4.31 Å². The van der Waals surface area contributed by atoms with E-state index in [0.717, 1.165) is 11.3 Å². The average Bonchev–Trinajstić information content (AvgIpc) is 2.74. The molecule has 114 valence electrons. The largest absolute Gasteiger partial charge is 0.315 e. The van der Waals surface area contributed by atoms with E-state index in [4.69, 9.17) is 0 Å². The number of likely N-dealkylation sites (N-methyl/N-ethyl adjacent to an activating group) is 1. The first-order chi connectivity index (χ1) is 9.91. The quantitative estimate of drug-likeness (QED) is 0.846. The number of hydrogen-bond donors (Lipinski definition) is 1. The molecule has 6 nitrogen and oxygen atoms in total. The van der Waals surface area contributed by atoms with Crippen molar-refractivity contribution in [2.75, 3.05) is 31.6 Å². The fraction of sp³-hybridized carbons (Fsp3) is 0.500. The second-order valence-electron chi connectivity index (χ2n) is 5.59. The number of benzene rings is 1. The van der Waals surface area contributed by atoms with Gasteiger partial charge in [-0.05, 0) is 30.7 Å². The van der Waals surface area contributed by atoms with E-state index in [2.05, 4.69) is 5.32 Å². The van der Waals surface area contributed by atoms with Crippen molar-refractivity contribution in [3.63, 3.8) is 0 Å². The summed E-state index contributed by atoms with van der Waals surface area (Å²) < 4.78 is 27.1. The van der Waals surface area contributed by atoms with Crippen LogP contribution < -0.4 is 10.2 Å². The lowest BCUT2D eigenvalue weighted by Crippen LogP contribution is -2.52. The Bertz CT molecular complexity index is 687. The maximum absolute atomic E-state index is 12.8. The minimum Gasteiger partial charge on any atom is -0.315 e. The molecule has 1 aromatic carbocycles. The number of nitrogens with one attached hydrogen (secondary N) is 1. The van der Waals surface area contributed by atoms with Gasteiger partial charge in [0.25, 0.3) is 0 Å². The van der Waals surface area contributed by atoms with Crippen molar-refractivity contribution in [1.82, 2.24) is 9.62 Å². The average molecular weight is 309 g/mol. The van der Waals surface area contributed by atoms with E-state index < -0.39 is 10.0 Å². The lowest BCUT2D eigenvalue weighted by molar-refractivity contribution is -0.117. The van der Waals surface area contributed by atoms with Crippen molar-refractivity contribution in [2.45, 2.75) is 24.3 Å². The molecule has 1 fully saturated rings. The molecule has 2 aliphatic heterocycles. The third-order valence-electron chi connectivity index (χ3n) is 4.18. The molecule has 1 aromatic rings. The van der Waals surface area contributed by atoms with Crippen LogP contribution in [0.1, 0.15) is 12.5 Å². The molecule has 0 aromatic heterocycles. The summed E-state index contributed by atoms with van der Waals surface area (Å²) in [5, 5.41) is 3.18. The van der Waals surface area contributed by atoms with Crippen LogP contribution in [0.4, 0.5) is 5.69 Å². The van der Waals surface area contributed by atoms with Gasteiger partial charge in [-0.15, -0.1) is 0 Å². The van der Waals surface area contributed by atoms with E-state index in [1.807, 2.05) is 6.92 Å². The van der Waals surface area contributed by atoms with Crippen molar-refractivity contribution >= 4 is 21.6 Å². The molecule has 1 saturated heterocycles. The summed E-state index contributed by atoms with van der Waals surface area (Å²) in [5.41, 5.74) is 1.58. The predicted molar refractivity (Wildman–Crippen MR) is 79.8 cm³/mol. The van der Waals surface area contributed by atoms with Gasteiger partial charge in [0.05, 0.1) is 11.3 Å². The van der Waals surface area contributed by atoms with Crippen molar-refractivity contribution in [3.8, 4) is 0 Å². The SMILES string of the molecule is C[C@H]1CNCCN1S(=O)(=O)c1ccc2c(c1)CC(=O)N2C. The van der Waals surface area contributed by atoms with Gasteiger partial charge in [0.1, 0.15) is 0 Å². The van der Waals surface area contributed by atoms with Gasteiger partial charge in [0.15, 0.2) is 0 Å². The normalized spacial score (nSPS) is 23.4. The zero-order chi connectivity index (χ0) is 15.2. The van der Waals surface area contributed by atoms with Gasteiger partial charge in [-0.1, -0.05) is 0 Å². The first-order valence-corrected chi connectivity index (χ1v) is 8.47. The predicted octanol–water partition coefficient (Wildman–Crippen LogP) is 0.188. The van der Waals surface area contributed by atoms with Crippen LogP contribution in [0.15, 0.2) is 23.1 Å². The van der Waals surface area contributed by atoms with Crippen molar-refractivity contribution in [3.05, 3.63) is 23.8 Å². The van der Waals surface area contributed by atoms with Crippen molar-refractivity contribution in [1.29, 1.82) is 0 Å². The van der Waals surface area contributed by atoms with Gasteiger partial charge in [0, 0.05) is 38.4 Å². The fourth-order valence-electron chi connectivity index (χ4n) is 2.92. The second kappa shape index (κ2) is 5.08. The summed E-state index contributed by atoms with van der Waals surface area (Å²) in [7, 11) is -1.80. The molecule has 1 N–H and O–H groups in total. The Balaban J connectivity index is 1.97. The van der Waals surface area contributed by atoms with E-state index in [-0.39, 0.29) is 23.3 Å². The Morgan fingerprint density at radius 1 is 1.33 bits per heavy atom. The van der Waals surface area contributed by atoms with Crippen LogP contribution in [-0.2, 0) is 21.2 Å². The monoisotopic (exact) mass is 309 g/mol. The minimum atomic E-state index is -3.50. The first-order valence-electron chi connectivity index (χ1n) is 7.03. The van der Waals surface area contributed by atoms with E-state index >= 15 is 0 Å². The standard InChI is InChI=1S/C14H19N3O3S/c1-10-9-15-5-6-17(10)21(19,20)12-3-4-13-11(7-12)8-14(18)16(13)2/h3-4,7,10,15H,5-6,8-9H2,1-2H3/t10-/m0/s1. The molecule has 21 heavy (non-hydrogen) atoms. The highest BCUT2D eigenvalue weighted by atomic mass is 32.2. The lowest BCUT2D eigenvalue weighted by atomic mass is 10.2. The maximum atomic E-state index is 12.8. The van der Waals surface area contributed by atoms with Crippen molar-refractivity contribution in [2.24, 2.45) is 0 Å². The van der Waals surface area contributed by atoms with Gasteiger partial charge < -0.3 is 10.2 Å². The number of rotatable bonds is 2. The van der Waals surface area contributed by atoms with Crippen LogP contribution in [-0.4, -0.2) is 51.4 Å². The van der Waals surface area contributed by atoms with E-state index in [0.29, 0.717) is 19.6 Å². The first kappa shape index (κ1) is 14.5. The summed E-state index contributed by atoms with van der Waals surface area (Å²) in [6, 6.07) is 4.89. The van der Waals surface area contributed by atoms with Gasteiger partial charge in [0.2, 0.25) is 15.9 Å². The molecule has 0 bridgehead atoms. The minimum absolute atomic E-state index is 0.00455. The van der Waals surface area contributed by atoms with Crippen LogP contribution in [0.5, 0.6) is 0 Å². The molecule has 2 aliphatic rings. The molecule has 7 heteroatoms. The summed E-state index contributed by atoms with van der Waals surface area (Å²) in [6.45, 7) is 3.69. The molecular weight excluding hydrogens is 290 g/mol. The number of anilines is 1. The number of piperazine rings is 1.